The number of benzene rings is 2. The lowest BCUT2D eigenvalue weighted by molar-refractivity contribution is -0.133. The van der Waals surface area contributed by atoms with Gasteiger partial charge in [0.1, 0.15) is 11.2 Å². The Morgan fingerprint density at radius 3 is 2.56 bits per heavy atom. The van der Waals surface area contributed by atoms with Crippen molar-refractivity contribution in [2.45, 2.75) is 39.0 Å². The molecule has 0 bridgehead atoms. The van der Waals surface area contributed by atoms with E-state index in [0.29, 0.717) is 17.1 Å². The fourth-order valence-electron chi connectivity index (χ4n) is 3.96. The Hall–Kier alpha value is -3.65. The topological polar surface area (TPSA) is 93.5 Å². The minimum atomic E-state index is -1.28. The number of nitrogens with one attached hydrogen (secondary N) is 1. The second-order valence-electron chi connectivity index (χ2n) is 8.22. The van der Waals surface area contributed by atoms with Gasteiger partial charge in [-0.1, -0.05) is 60.1 Å². The summed E-state index contributed by atoms with van der Waals surface area (Å²) < 4.78 is 6.43. The number of halogens is 1. The van der Waals surface area contributed by atoms with Gasteiger partial charge >= 0.3 is 5.97 Å². The second kappa shape index (κ2) is 9.69. The molecular weight excluding hydrogens is 456 g/mol. The molecule has 2 amide bonds. The number of fused-ring (bicyclic) bond motifs is 1. The molecule has 1 aliphatic heterocycles. The van der Waals surface area contributed by atoms with Crippen molar-refractivity contribution in [3.63, 3.8) is 0 Å². The molecule has 3 aromatic rings. The maximum absolute atomic E-state index is 13.6. The second-order valence-corrected chi connectivity index (χ2v) is 8.62. The van der Waals surface area contributed by atoms with Crippen LogP contribution in [0.3, 0.4) is 0 Å². The monoisotopic (exact) mass is 480 g/mol. The molecule has 9 heteroatoms. The van der Waals surface area contributed by atoms with Crippen molar-refractivity contribution in [3.05, 3.63) is 88.2 Å². The molecule has 1 aliphatic rings. The minimum Gasteiger partial charge on any atom is -0.461 e. The first kappa shape index (κ1) is 23.5. The summed E-state index contributed by atoms with van der Waals surface area (Å²) in [5.41, 5.74) is 0.595. The van der Waals surface area contributed by atoms with Crippen LogP contribution >= 0.6 is 11.6 Å². The zero-order valence-electron chi connectivity index (χ0n) is 19.0. The molecule has 0 saturated carbocycles. The van der Waals surface area contributed by atoms with Crippen molar-refractivity contribution in [1.82, 2.24) is 20.0 Å². The van der Waals surface area contributed by atoms with Crippen LogP contribution < -0.4 is 5.32 Å². The van der Waals surface area contributed by atoms with Crippen LogP contribution in [0.25, 0.3) is 0 Å². The van der Waals surface area contributed by atoms with Crippen molar-refractivity contribution in [3.8, 4) is 0 Å². The highest BCUT2D eigenvalue weighted by Gasteiger charge is 2.48. The SMILES string of the molecule is CCOC(=O)c1cc2n(n1)C[C@@](C)(C(=O)NCc1ccccc1)N(Cc1ccccc1Cl)C2=O. The predicted octanol–water partition coefficient (Wildman–Crippen LogP) is 3.44. The Morgan fingerprint density at radius 2 is 1.85 bits per heavy atom. The highest BCUT2D eigenvalue weighted by Crippen LogP contribution is 2.31. The van der Waals surface area contributed by atoms with Crippen LogP contribution in [0.15, 0.2) is 60.7 Å². The van der Waals surface area contributed by atoms with E-state index in [0.717, 1.165) is 5.56 Å². The molecule has 1 N–H and O–H groups in total. The molecule has 1 aromatic heterocycles. The van der Waals surface area contributed by atoms with Gasteiger partial charge in [0, 0.05) is 24.2 Å². The van der Waals surface area contributed by atoms with Crippen molar-refractivity contribution in [1.29, 1.82) is 0 Å². The number of carbonyl (C=O) groups is 3. The molecule has 34 heavy (non-hydrogen) atoms. The number of carbonyl (C=O) groups excluding carboxylic acids is 3. The maximum Gasteiger partial charge on any atom is 0.358 e. The van der Waals surface area contributed by atoms with Gasteiger partial charge in [0.25, 0.3) is 5.91 Å². The van der Waals surface area contributed by atoms with Gasteiger partial charge in [-0.05, 0) is 31.0 Å². The van der Waals surface area contributed by atoms with Gasteiger partial charge in [0.05, 0.1) is 13.2 Å². The zero-order valence-corrected chi connectivity index (χ0v) is 19.7. The van der Waals surface area contributed by atoms with E-state index in [1.54, 1.807) is 26.0 Å². The highest BCUT2D eigenvalue weighted by atomic mass is 35.5. The zero-order chi connectivity index (χ0) is 24.3. The average molecular weight is 481 g/mol. The molecule has 0 spiro atoms. The molecule has 176 valence electrons. The average Bonchev–Trinajstić information content (AvgIpc) is 3.26. The summed E-state index contributed by atoms with van der Waals surface area (Å²) in [6, 6.07) is 18.1. The molecule has 2 heterocycles. The predicted molar refractivity (Wildman–Crippen MR) is 126 cm³/mol. The largest absolute Gasteiger partial charge is 0.461 e. The summed E-state index contributed by atoms with van der Waals surface area (Å²) in [7, 11) is 0. The van der Waals surface area contributed by atoms with Crippen molar-refractivity contribution < 1.29 is 19.1 Å². The van der Waals surface area contributed by atoms with Gasteiger partial charge in [-0.15, -0.1) is 0 Å². The number of ether oxygens (including phenoxy) is 1. The van der Waals surface area contributed by atoms with Crippen LogP contribution in [0.4, 0.5) is 0 Å². The van der Waals surface area contributed by atoms with Gasteiger partial charge in [-0.25, -0.2) is 4.79 Å². The molecule has 0 unspecified atom stereocenters. The van der Waals surface area contributed by atoms with Crippen LogP contribution in [-0.2, 0) is 29.2 Å². The number of aromatic nitrogens is 2. The van der Waals surface area contributed by atoms with E-state index >= 15 is 0 Å². The van der Waals surface area contributed by atoms with Crippen LogP contribution in [0.5, 0.6) is 0 Å². The first-order valence-corrected chi connectivity index (χ1v) is 11.3. The summed E-state index contributed by atoms with van der Waals surface area (Å²) in [5.74, 6) is -1.38. The summed E-state index contributed by atoms with van der Waals surface area (Å²) in [6.45, 7) is 4.07. The van der Waals surface area contributed by atoms with E-state index in [2.05, 4.69) is 10.4 Å². The molecule has 2 aromatic carbocycles. The van der Waals surface area contributed by atoms with Gasteiger partial charge in [0.15, 0.2) is 5.69 Å². The summed E-state index contributed by atoms with van der Waals surface area (Å²) in [4.78, 5) is 40.8. The lowest BCUT2D eigenvalue weighted by Gasteiger charge is -2.43. The normalized spacial score (nSPS) is 17.3. The summed E-state index contributed by atoms with van der Waals surface area (Å²) in [6.07, 6.45) is 0. The van der Waals surface area contributed by atoms with Crippen molar-refractivity contribution >= 4 is 29.4 Å². The standard InChI is InChI=1S/C25H25ClN4O4/c1-3-34-23(32)20-13-21-22(31)29(15-18-11-7-8-12-19(18)26)25(2,16-30(21)28-20)24(33)27-14-17-9-5-4-6-10-17/h4-13H,3,14-16H2,1-2H3,(H,27,33)/t25-/m0/s1. The summed E-state index contributed by atoms with van der Waals surface area (Å²) >= 11 is 6.37. The smallest absolute Gasteiger partial charge is 0.358 e. The van der Waals surface area contributed by atoms with E-state index in [9.17, 15) is 14.4 Å². The highest BCUT2D eigenvalue weighted by molar-refractivity contribution is 6.31. The third-order valence-corrected chi connectivity index (χ3v) is 6.22. The fourth-order valence-corrected chi connectivity index (χ4v) is 4.16. The maximum atomic E-state index is 13.6. The number of esters is 1. The van der Waals surface area contributed by atoms with E-state index in [-0.39, 0.29) is 37.0 Å². The van der Waals surface area contributed by atoms with Gasteiger partial charge in [-0.3, -0.25) is 14.3 Å². The molecule has 0 aliphatic carbocycles. The molecule has 0 saturated heterocycles. The first-order valence-electron chi connectivity index (χ1n) is 11.0. The van der Waals surface area contributed by atoms with E-state index in [4.69, 9.17) is 16.3 Å². The lowest BCUT2D eigenvalue weighted by Crippen LogP contribution is -2.63. The summed E-state index contributed by atoms with van der Waals surface area (Å²) in [5, 5.41) is 7.70. The molecule has 4 rings (SSSR count). The third-order valence-electron chi connectivity index (χ3n) is 5.85. The van der Waals surface area contributed by atoms with Gasteiger partial charge in [-0.2, -0.15) is 5.10 Å². The molecule has 0 fully saturated rings. The Kier molecular flexibility index (Phi) is 6.70. The Morgan fingerprint density at radius 1 is 1.15 bits per heavy atom. The van der Waals surface area contributed by atoms with Crippen LogP contribution in [0, 0.1) is 0 Å². The van der Waals surface area contributed by atoms with Crippen molar-refractivity contribution in [2.75, 3.05) is 6.61 Å². The minimum absolute atomic E-state index is 0.0248. The molecule has 8 nitrogen and oxygen atoms in total. The number of amides is 2. The van der Waals surface area contributed by atoms with Gasteiger partial charge in [0.2, 0.25) is 5.91 Å². The Balaban J connectivity index is 1.69. The number of rotatable bonds is 7. The van der Waals surface area contributed by atoms with Crippen LogP contribution in [0.1, 0.15) is 46.0 Å². The van der Waals surface area contributed by atoms with Gasteiger partial charge < -0.3 is 15.0 Å². The number of hydrogen-bond acceptors (Lipinski definition) is 5. The molecular formula is C25H25ClN4O4. The van der Waals surface area contributed by atoms with E-state index in [1.807, 2.05) is 42.5 Å². The molecule has 1 atom stereocenters. The van der Waals surface area contributed by atoms with Crippen LogP contribution in [0.2, 0.25) is 5.02 Å². The Labute approximate surface area is 202 Å². The van der Waals surface area contributed by atoms with E-state index in [1.165, 1.54) is 15.6 Å². The number of hydrogen-bond donors (Lipinski definition) is 1. The lowest BCUT2D eigenvalue weighted by atomic mass is 9.94. The first-order chi connectivity index (χ1) is 16.3. The quantitative estimate of drug-likeness (QED) is 0.523. The van der Waals surface area contributed by atoms with Crippen LogP contribution in [-0.4, -0.2) is 44.6 Å². The van der Waals surface area contributed by atoms with Crippen molar-refractivity contribution in [2.24, 2.45) is 0 Å². The Bertz CT molecular complexity index is 1230. The fraction of sp³-hybridized carbons (Fsp3) is 0.280. The number of nitrogens with zero attached hydrogens (tertiary/aromatic N) is 3. The molecule has 0 radical (unpaired) electrons. The third kappa shape index (κ3) is 4.54. The van der Waals surface area contributed by atoms with E-state index < -0.39 is 17.4 Å².